The first kappa shape index (κ1) is 19.9. The van der Waals surface area contributed by atoms with E-state index in [0.29, 0.717) is 28.4 Å². The van der Waals surface area contributed by atoms with Crippen LogP contribution in [0.15, 0.2) is 29.1 Å². The average Bonchev–Trinajstić information content (AvgIpc) is 3.43. The maximum atomic E-state index is 14.4. The summed E-state index contributed by atoms with van der Waals surface area (Å²) in [5.74, 6) is 0.509. The van der Waals surface area contributed by atoms with Gasteiger partial charge in [-0.15, -0.1) is 0 Å². The number of nitrogens with zero attached hydrogens (tertiary/aromatic N) is 4. The molecule has 6 rings (SSSR count). The standard InChI is InChI=1S/C22H23FN8O2/c1-25-13-5-11(23)4-12-17-19(30-18(12)13)28-16(7-27-21(32)14-6-26-10-33-14)29-20(17)31-8-22(9-31)3-2-15(22)24/h4-6,10,15,25H,2-3,7-9,24H2,1H3,(H,27,32)(H,28,29,30). The number of aromatic amines is 1. The van der Waals surface area contributed by atoms with Crippen molar-refractivity contribution in [2.24, 2.45) is 11.1 Å². The van der Waals surface area contributed by atoms with Crippen molar-refractivity contribution in [3.63, 3.8) is 0 Å². The summed E-state index contributed by atoms with van der Waals surface area (Å²) in [6.07, 6.45) is 4.68. The molecule has 1 saturated heterocycles. The molecule has 1 atom stereocenters. The second kappa shape index (κ2) is 7.14. The largest absolute Gasteiger partial charge is 0.438 e. The number of H-pyrrole nitrogens is 1. The molecular weight excluding hydrogens is 427 g/mol. The summed E-state index contributed by atoms with van der Waals surface area (Å²) in [7, 11) is 1.74. The van der Waals surface area contributed by atoms with Crippen LogP contribution in [-0.2, 0) is 6.54 Å². The van der Waals surface area contributed by atoms with Gasteiger partial charge < -0.3 is 30.7 Å². The highest BCUT2D eigenvalue weighted by atomic mass is 19.1. The van der Waals surface area contributed by atoms with E-state index in [1.807, 2.05) is 0 Å². The number of carbonyl (C=O) groups is 1. The van der Waals surface area contributed by atoms with Crippen LogP contribution in [0.25, 0.3) is 21.9 Å². The molecule has 4 heterocycles. The quantitative estimate of drug-likeness (QED) is 0.363. The Morgan fingerprint density at radius 2 is 2.24 bits per heavy atom. The predicted octanol–water partition coefficient (Wildman–Crippen LogP) is 2.14. The third kappa shape index (κ3) is 3.03. The summed E-state index contributed by atoms with van der Waals surface area (Å²) in [5, 5.41) is 7.26. The number of hydrogen-bond acceptors (Lipinski definition) is 8. The van der Waals surface area contributed by atoms with E-state index in [9.17, 15) is 9.18 Å². The van der Waals surface area contributed by atoms with Crippen LogP contribution in [0, 0.1) is 11.2 Å². The first-order valence-corrected chi connectivity index (χ1v) is 10.8. The van der Waals surface area contributed by atoms with Crippen LogP contribution in [0.1, 0.15) is 29.2 Å². The Morgan fingerprint density at radius 1 is 1.39 bits per heavy atom. The Labute approximate surface area is 187 Å². The van der Waals surface area contributed by atoms with Crippen molar-refractivity contribution < 1.29 is 13.6 Å². The van der Waals surface area contributed by atoms with E-state index in [4.69, 9.17) is 15.1 Å². The van der Waals surface area contributed by atoms with Gasteiger partial charge in [-0.2, -0.15) is 0 Å². The van der Waals surface area contributed by atoms with Gasteiger partial charge in [-0.25, -0.2) is 19.3 Å². The van der Waals surface area contributed by atoms with Crippen LogP contribution in [-0.4, -0.2) is 52.0 Å². The molecule has 1 amide bonds. The number of rotatable bonds is 5. The highest BCUT2D eigenvalue weighted by Gasteiger charge is 2.53. The van der Waals surface area contributed by atoms with Gasteiger partial charge in [-0.05, 0) is 25.0 Å². The first-order valence-electron chi connectivity index (χ1n) is 10.8. The van der Waals surface area contributed by atoms with E-state index in [0.717, 1.165) is 36.8 Å². The number of amides is 1. The Balaban J connectivity index is 1.42. The topological polar surface area (TPSA) is 138 Å². The first-order chi connectivity index (χ1) is 16.0. The minimum Gasteiger partial charge on any atom is -0.438 e. The molecule has 170 valence electrons. The normalized spacial score (nSPS) is 19.0. The second-order valence-electron chi connectivity index (χ2n) is 8.85. The number of carbonyl (C=O) groups excluding carboxylic acids is 1. The third-order valence-electron chi connectivity index (χ3n) is 6.94. The SMILES string of the molecule is CNc1cc(F)cc2c1[nH]c1nc(CNC(=O)c3cnco3)nc(N3CC4(CCC4N)C3)c12. The Kier molecular flexibility index (Phi) is 4.31. The van der Waals surface area contributed by atoms with Crippen molar-refractivity contribution in [3.8, 4) is 0 Å². The van der Waals surface area contributed by atoms with Crippen molar-refractivity contribution >= 4 is 39.3 Å². The summed E-state index contributed by atoms with van der Waals surface area (Å²) in [6.45, 7) is 1.69. The average molecular weight is 450 g/mol. The fourth-order valence-electron chi connectivity index (χ4n) is 4.94. The van der Waals surface area contributed by atoms with Gasteiger partial charge in [0.05, 0.1) is 29.3 Å². The minimum atomic E-state index is -0.405. The van der Waals surface area contributed by atoms with Crippen molar-refractivity contribution in [2.45, 2.75) is 25.4 Å². The highest BCUT2D eigenvalue weighted by molar-refractivity contribution is 6.14. The van der Waals surface area contributed by atoms with Gasteiger partial charge in [0, 0.05) is 37.0 Å². The predicted molar refractivity (Wildman–Crippen MR) is 120 cm³/mol. The summed E-state index contributed by atoms with van der Waals surface area (Å²) in [6, 6.07) is 3.13. The number of hydrogen-bond donors (Lipinski definition) is 4. The molecule has 33 heavy (non-hydrogen) atoms. The van der Waals surface area contributed by atoms with Crippen LogP contribution in [0.4, 0.5) is 15.9 Å². The number of oxazole rings is 1. The van der Waals surface area contributed by atoms with Crippen LogP contribution in [0.5, 0.6) is 0 Å². The summed E-state index contributed by atoms with van der Waals surface area (Å²) in [5.41, 5.74) is 8.37. The van der Waals surface area contributed by atoms with Gasteiger partial charge in [-0.1, -0.05) is 0 Å². The number of benzene rings is 1. The molecule has 0 bridgehead atoms. The molecule has 2 fully saturated rings. The Hall–Kier alpha value is -3.73. The number of anilines is 2. The molecular formula is C22H23FN8O2. The van der Waals surface area contributed by atoms with Gasteiger partial charge in [0.15, 0.2) is 12.2 Å². The number of halogens is 1. The lowest BCUT2D eigenvalue weighted by Gasteiger charge is -2.60. The molecule has 1 aliphatic heterocycles. The van der Waals surface area contributed by atoms with Gasteiger partial charge in [0.25, 0.3) is 5.91 Å². The smallest absolute Gasteiger partial charge is 0.289 e. The zero-order valence-corrected chi connectivity index (χ0v) is 18.0. The highest BCUT2D eigenvalue weighted by Crippen LogP contribution is 2.50. The fraction of sp³-hybridized carbons (Fsp3) is 0.364. The molecule has 4 aromatic rings. The molecule has 5 N–H and O–H groups in total. The number of nitrogens with one attached hydrogen (secondary N) is 3. The van der Waals surface area contributed by atoms with E-state index in [1.165, 1.54) is 24.7 Å². The lowest BCUT2D eigenvalue weighted by atomic mass is 9.60. The molecule has 10 nitrogen and oxygen atoms in total. The Morgan fingerprint density at radius 3 is 2.91 bits per heavy atom. The van der Waals surface area contributed by atoms with Crippen molar-refractivity contribution in [1.29, 1.82) is 0 Å². The van der Waals surface area contributed by atoms with Crippen LogP contribution in [0.3, 0.4) is 0 Å². The van der Waals surface area contributed by atoms with E-state index in [2.05, 4.69) is 30.5 Å². The maximum Gasteiger partial charge on any atom is 0.289 e. The third-order valence-corrected chi connectivity index (χ3v) is 6.94. The van der Waals surface area contributed by atoms with Crippen molar-refractivity contribution in [3.05, 3.63) is 42.1 Å². The molecule has 1 aliphatic carbocycles. The van der Waals surface area contributed by atoms with Gasteiger partial charge >= 0.3 is 0 Å². The number of aromatic nitrogens is 4. The van der Waals surface area contributed by atoms with E-state index in [1.54, 1.807) is 7.05 Å². The molecule has 1 unspecified atom stereocenters. The number of nitrogens with two attached hydrogens (primary N) is 1. The van der Waals surface area contributed by atoms with Gasteiger partial charge in [0.2, 0.25) is 5.76 Å². The van der Waals surface area contributed by atoms with Crippen molar-refractivity contribution in [2.75, 3.05) is 30.4 Å². The second-order valence-corrected chi connectivity index (χ2v) is 8.85. The molecule has 0 radical (unpaired) electrons. The molecule has 11 heteroatoms. The molecule has 2 aliphatic rings. The van der Waals surface area contributed by atoms with E-state index in [-0.39, 0.29) is 29.6 Å². The van der Waals surface area contributed by atoms with Crippen molar-refractivity contribution in [1.82, 2.24) is 25.3 Å². The summed E-state index contributed by atoms with van der Waals surface area (Å²) < 4.78 is 19.4. The summed E-state index contributed by atoms with van der Waals surface area (Å²) >= 11 is 0. The fourth-order valence-corrected chi connectivity index (χ4v) is 4.94. The zero-order chi connectivity index (χ0) is 22.7. The molecule has 3 aromatic heterocycles. The monoisotopic (exact) mass is 450 g/mol. The van der Waals surface area contributed by atoms with Crippen LogP contribution in [0.2, 0.25) is 0 Å². The van der Waals surface area contributed by atoms with E-state index < -0.39 is 5.91 Å². The maximum absolute atomic E-state index is 14.4. The zero-order valence-electron chi connectivity index (χ0n) is 18.0. The summed E-state index contributed by atoms with van der Waals surface area (Å²) in [4.78, 5) is 30.9. The van der Waals surface area contributed by atoms with Crippen LogP contribution < -0.4 is 21.3 Å². The number of fused-ring (bicyclic) bond motifs is 3. The van der Waals surface area contributed by atoms with Crippen LogP contribution >= 0.6 is 0 Å². The lowest BCUT2D eigenvalue weighted by molar-refractivity contribution is 0.0560. The Bertz CT molecular complexity index is 1380. The minimum absolute atomic E-state index is 0.101. The van der Waals surface area contributed by atoms with Gasteiger partial charge in [0.1, 0.15) is 17.3 Å². The van der Waals surface area contributed by atoms with Gasteiger partial charge in [-0.3, -0.25) is 4.79 Å². The van der Waals surface area contributed by atoms with E-state index >= 15 is 0 Å². The lowest BCUT2D eigenvalue weighted by Crippen LogP contribution is -2.69. The molecule has 1 aromatic carbocycles. The molecule has 1 saturated carbocycles. The molecule has 1 spiro atoms.